The van der Waals surface area contributed by atoms with E-state index in [-0.39, 0.29) is 23.9 Å². The van der Waals surface area contributed by atoms with Crippen molar-refractivity contribution in [3.63, 3.8) is 0 Å². The van der Waals surface area contributed by atoms with E-state index in [1.807, 2.05) is 17.5 Å². The standard InChI is InChI=1S/C21H18N4O4S/c1-14(23-24-20(26)12-15-7-9-18(10-8-15)25(28)29)16-4-2-5-17(13-16)22-21(27)19-6-3-11-30-19/h2-11,13H,12H2,1H3,(H,22,27)(H,24,26)/b23-14+. The molecule has 8 nitrogen and oxygen atoms in total. The number of rotatable bonds is 7. The lowest BCUT2D eigenvalue weighted by atomic mass is 10.1. The monoisotopic (exact) mass is 422 g/mol. The molecule has 0 radical (unpaired) electrons. The molecule has 0 aliphatic heterocycles. The average molecular weight is 422 g/mol. The van der Waals surface area contributed by atoms with E-state index >= 15 is 0 Å². The Morgan fingerprint density at radius 2 is 1.87 bits per heavy atom. The van der Waals surface area contributed by atoms with Crippen LogP contribution in [0.5, 0.6) is 0 Å². The number of anilines is 1. The van der Waals surface area contributed by atoms with Gasteiger partial charge in [-0.3, -0.25) is 19.7 Å². The van der Waals surface area contributed by atoms with Gasteiger partial charge in [-0.1, -0.05) is 30.3 Å². The zero-order chi connectivity index (χ0) is 21.5. The molecule has 1 aromatic heterocycles. The summed E-state index contributed by atoms with van der Waals surface area (Å²) in [6.07, 6.45) is 0.0473. The molecule has 0 spiro atoms. The SMILES string of the molecule is C/C(=N\NC(=O)Cc1ccc([N+](=O)[O-])cc1)c1cccc(NC(=O)c2cccs2)c1. The number of non-ortho nitro benzene ring substituents is 1. The Hall–Kier alpha value is -3.85. The highest BCUT2D eigenvalue weighted by Crippen LogP contribution is 2.16. The van der Waals surface area contributed by atoms with Crippen LogP contribution in [-0.2, 0) is 11.2 Å². The number of carbonyl (C=O) groups excluding carboxylic acids is 2. The number of carbonyl (C=O) groups is 2. The van der Waals surface area contributed by atoms with E-state index in [0.29, 0.717) is 21.8 Å². The summed E-state index contributed by atoms with van der Waals surface area (Å²) in [6, 6.07) is 16.5. The first-order valence-electron chi connectivity index (χ1n) is 8.94. The van der Waals surface area contributed by atoms with Crippen molar-refractivity contribution >= 4 is 40.2 Å². The van der Waals surface area contributed by atoms with Crippen molar-refractivity contribution in [1.29, 1.82) is 0 Å². The number of hydrazone groups is 1. The van der Waals surface area contributed by atoms with Crippen molar-refractivity contribution in [3.05, 3.63) is 92.2 Å². The van der Waals surface area contributed by atoms with Crippen molar-refractivity contribution < 1.29 is 14.5 Å². The van der Waals surface area contributed by atoms with Crippen LogP contribution in [0, 0.1) is 10.1 Å². The third kappa shape index (κ3) is 5.58. The molecule has 2 amide bonds. The minimum atomic E-state index is -0.492. The van der Waals surface area contributed by atoms with Gasteiger partial charge >= 0.3 is 0 Å². The van der Waals surface area contributed by atoms with Crippen LogP contribution in [0.1, 0.15) is 27.7 Å². The zero-order valence-electron chi connectivity index (χ0n) is 16.0. The van der Waals surface area contributed by atoms with Gasteiger partial charge in [0.1, 0.15) is 0 Å². The summed E-state index contributed by atoms with van der Waals surface area (Å²) in [4.78, 5) is 35.1. The molecule has 3 rings (SSSR count). The molecule has 30 heavy (non-hydrogen) atoms. The van der Waals surface area contributed by atoms with Crippen LogP contribution in [-0.4, -0.2) is 22.4 Å². The van der Waals surface area contributed by atoms with Gasteiger partial charge in [0.05, 0.1) is 21.9 Å². The highest BCUT2D eigenvalue weighted by molar-refractivity contribution is 7.12. The van der Waals surface area contributed by atoms with Crippen LogP contribution in [0.4, 0.5) is 11.4 Å². The summed E-state index contributed by atoms with van der Waals surface area (Å²) in [5.74, 6) is -0.529. The molecule has 0 aliphatic rings. The van der Waals surface area contributed by atoms with E-state index in [0.717, 1.165) is 5.56 Å². The number of nitrogens with zero attached hydrogens (tertiary/aromatic N) is 2. The maximum absolute atomic E-state index is 12.2. The molecule has 0 saturated heterocycles. The zero-order valence-corrected chi connectivity index (χ0v) is 16.8. The van der Waals surface area contributed by atoms with Crippen LogP contribution < -0.4 is 10.7 Å². The van der Waals surface area contributed by atoms with Gasteiger partial charge in [-0.2, -0.15) is 5.10 Å². The molecule has 0 atom stereocenters. The van der Waals surface area contributed by atoms with E-state index in [4.69, 9.17) is 0 Å². The molecule has 2 aromatic carbocycles. The number of benzene rings is 2. The largest absolute Gasteiger partial charge is 0.321 e. The molecular weight excluding hydrogens is 404 g/mol. The van der Waals surface area contributed by atoms with E-state index < -0.39 is 4.92 Å². The van der Waals surface area contributed by atoms with E-state index in [1.54, 1.807) is 31.2 Å². The minimum absolute atomic E-state index is 0.0286. The Kier molecular flexibility index (Phi) is 6.66. The maximum Gasteiger partial charge on any atom is 0.269 e. The number of thiophene rings is 1. The van der Waals surface area contributed by atoms with Crippen molar-refractivity contribution in [2.24, 2.45) is 5.10 Å². The Morgan fingerprint density at radius 3 is 2.53 bits per heavy atom. The molecule has 0 bridgehead atoms. The molecule has 9 heteroatoms. The first kappa shape index (κ1) is 20.9. The Balaban J connectivity index is 1.60. The normalized spacial score (nSPS) is 11.0. The second-order valence-electron chi connectivity index (χ2n) is 6.34. The summed E-state index contributed by atoms with van der Waals surface area (Å²) in [5, 5.41) is 19.4. The molecule has 0 fully saturated rings. The maximum atomic E-state index is 12.2. The van der Waals surface area contributed by atoms with Crippen molar-refractivity contribution in [1.82, 2.24) is 5.43 Å². The molecule has 0 saturated carbocycles. The number of hydrogen-bond donors (Lipinski definition) is 2. The van der Waals surface area contributed by atoms with Gasteiger partial charge in [-0.15, -0.1) is 11.3 Å². The van der Waals surface area contributed by atoms with E-state index in [9.17, 15) is 19.7 Å². The third-order valence-electron chi connectivity index (χ3n) is 4.14. The lowest BCUT2D eigenvalue weighted by molar-refractivity contribution is -0.384. The summed E-state index contributed by atoms with van der Waals surface area (Å²) >= 11 is 1.36. The topological polar surface area (TPSA) is 114 Å². The fourth-order valence-corrected chi connectivity index (χ4v) is 3.21. The highest BCUT2D eigenvalue weighted by atomic mass is 32.1. The van der Waals surface area contributed by atoms with Crippen LogP contribution in [0.15, 0.2) is 71.1 Å². The van der Waals surface area contributed by atoms with E-state index in [1.165, 1.54) is 35.6 Å². The Labute approximate surface area is 176 Å². The molecule has 152 valence electrons. The quantitative estimate of drug-likeness (QED) is 0.340. The molecule has 0 aliphatic carbocycles. The number of amides is 2. The molecule has 1 heterocycles. The van der Waals surface area contributed by atoms with Gasteiger partial charge in [-0.05, 0) is 41.6 Å². The number of nitrogens with one attached hydrogen (secondary N) is 2. The van der Waals surface area contributed by atoms with Gasteiger partial charge in [0, 0.05) is 17.8 Å². The lowest BCUT2D eigenvalue weighted by Crippen LogP contribution is -2.21. The molecular formula is C21H18N4O4S. The van der Waals surface area contributed by atoms with Crippen LogP contribution >= 0.6 is 11.3 Å². The molecule has 3 aromatic rings. The van der Waals surface area contributed by atoms with Crippen molar-refractivity contribution in [2.75, 3.05) is 5.32 Å². The summed E-state index contributed by atoms with van der Waals surface area (Å²) < 4.78 is 0. The molecule has 0 unspecified atom stereocenters. The van der Waals surface area contributed by atoms with Gasteiger partial charge in [0.15, 0.2) is 0 Å². The van der Waals surface area contributed by atoms with Gasteiger partial charge in [0.2, 0.25) is 5.91 Å². The van der Waals surface area contributed by atoms with Gasteiger partial charge in [0.25, 0.3) is 11.6 Å². The van der Waals surface area contributed by atoms with Crippen LogP contribution in [0.3, 0.4) is 0 Å². The number of nitro benzene ring substituents is 1. The van der Waals surface area contributed by atoms with Crippen LogP contribution in [0.2, 0.25) is 0 Å². The lowest BCUT2D eigenvalue weighted by Gasteiger charge is -2.07. The van der Waals surface area contributed by atoms with Crippen LogP contribution in [0.25, 0.3) is 0 Å². The fourth-order valence-electron chi connectivity index (χ4n) is 2.59. The summed E-state index contributed by atoms with van der Waals surface area (Å²) in [5.41, 5.74) is 5.03. The first-order chi connectivity index (χ1) is 14.4. The highest BCUT2D eigenvalue weighted by Gasteiger charge is 2.09. The number of nitro groups is 1. The Bertz CT molecular complexity index is 1090. The van der Waals surface area contributed by atoms with Gasteiger partial charge < -0.3 is 5.32 Å². The number of hydrogen-bond acceptors (Lipinski definition) is 6. The smallest absolute Gasteiger partial charge is 0.269 e. The van der Waals surface area contributed by atoms with Crippen molar-refractivity contribution in [3.8, 4) is 0 Å². The predicted molar refractivity (Wildman–Crippen MR) is 116 cm³/mol. The average Bonchev–Trinajstić information content (AvgIpc) is 3.28. The molecule has 2 N–H and O–H groups in total. The predicted octanol–water partition coefficient (Wildman–Crippen LogP) is 3.99. The van der Waals surface area contributed by atoms with E-state index in [2.05, 4.69) is 15.8 Å². The third-order valence-corrected chi connectivity index (χ3v) is 5.01. The fraction of sp³-hybridized carbons (Fsp3) is 0.0952. The minimum Gasteiger partial charge on any atom is -0.321 e. The second-order valence-corrected chi connectivity index (χ2v) is 7.29. The summed E-state index contributed by atoms with van der Waals surface area (Å²) in [7, 11) is 0. The van der Waals surface area contributed by atoms with Crippen molar-refractivity contribution in [2.45, 2.75) is 13.3 Å². The first-order valence-corrected chi connectivity index (χ1v) is 9.82. The Morgan fingerprint density at radius 1 is 1.10 bits per heavy atom. The second kappa shape index (κ2) is 9.57. The van der Waals surface area contributed by atoms with Gasteiger partial charge in [-0.25, -0.2) is 5.43 Å². The summed E-state index contributed by atoms with van der Waals surface area (Å²) in [6.45, 7) is 1.74.